The number of aromatic amines is 1. The topological polar surface area (TPSA) is 217 Å². The first-order chi connectivity index (χ1) is 11.1. The zero-order valence-electron chi connectivity index (χ0n) is 11.8. The van der Waals surface area contributed by atoms with Crippen molar-refractivity contribution in [2.45, 2.75) is 30.4 Å². The van der Waals surface area contributed by atoms with Crippen molar-refractivity contribution in [3.05, 3.63) is 16.7 Å². The number of nitrogens with one attached hydrogen (secondary N) is 1. The number of rotatable bonds is 3. The Kier molecular flexibility index (Phi) is 3.96. The van der Waals surface area contributed by atoms with Crippen LogP contribution in [0.5, 0.6) is 0 Å². The van der Waals surface area contributed by atoms with Crippen molar-refractivity contribution in [2.24, 2.45) is 0 Å². The zero-order chi connectivity index (χ0) is 17.8. The summed E-state index contributed by atoms with van der Waals surface area (Å²) < 4.78 is 17.4. The van der Waals surface area contributed by atoms with Gasteiger partial charge in [-0.25, -0.2) is 4.98 Å². The molecule has 2 aromatic rings. The summed E-state index contributed by atoms with van der Waals surface area (Å²) in [6.45, 7) is 0. The number of nitrogens with zero attached hydrogens (tertiary/aromatic N) is 3. The molecule has 3 heterocycles. The summed E-state index contributed by atoms with van der Waals surface area (Å²) in [5.41, 5.74) is 4.61. The van der Waals surface area contributed by atoms with Gasteiger partial charge >= 0.3 is 7.60 Å². The van der Waals surface area contributed by atoms with Crippen LogP contribution in [0.3, 0.4) is 0 Å². The van der Waals surface area contributed by atoms with Crippen molar-refractivity contribution in [3.63, 3.8) is 0 Å². The maximum Gasteiger partial charge on any atom is 0.356 e. The molecule has 24 heavy (non-hydrogen) atoms. The summed E-state index contributed by atoms with van der Waals surface area (Å²) in [5, 5.41) is 29.6. The predicted molar refractivity (Wildman–Crippen MR) is 76.5 cm³/mol. The van der Waals surface area contributed by atoms with Gasteiger partial charge in [0.05, 0.1) is 6.33 Å². The maximum atomic E-state index is 11.7. The summed E-state index contributed by atoms with van der Waals surface area (Å²) in [5.74, 6) is -2.57. The number of nitrogen functional groups attached to an aromatic ring is 1. The second-order valence-electron chi connectivity index (χ2n) is 5.25. The SMILES string of the molecule is Nc1nc2c(ncn2[C@@H]2O[C@H]([C@@H](O)P(=O)(O)O)[C@@H](O)[C@H]2O)c(=O)[nH]1. The van der Waals surface area contributed by atoms with Gasteiger partial charge in [-0.05, 0) is 0 Å². The van der Waals surface area contributed by atoms with Crippen LogP contribution in [0.15, 0.2) is 11.1 Å². The van der Waals surface area contributed by atoms with Crippen molar-refractivity contribution >= 4 is 24.7 Å². The summed E-state index contributed by atoms with van der Waals surface area (Å²) in [6, 6.07) is 0. The standard InChI is InChI=1S/C10H14N5O8P/c11-10-13-6-2(7(18)14-10)12-1-15(6)8-4(17)3(16)5(23-8)9(19)24(20,21)22/h1,3-5,8-9,16-17,19H,(H2,20,21,22)(H3,11,13,14,18)/t3-,4+,5-,8+,9-/m0/s1. The van der Waals surface area contributed by atoms with Crippen molar-refractivity contribution in [1.29, 1.82) is 0 Å². The molecule has 1 fully saturated rings. The van der Waals surface area contributed by atoms with E-state index in [2.05, 4.69) is 15.0 Å². The highest BCUT2D eigenvalue weighted by Gasteiger charge is 2.51. The molecule has 132 valence electrons. The molecule has 1 aliphatic heterocycles. The van der Waals surface area contributed by atoms with Crippen molar-refractivity contribution in [1.82, 2.24) is 19.5 Å². The molecule has 0 amide bonds. The van der Waals surface area contributed by atoms with Gasteiger partial charge in [-0.1, -0.05) is 0 Å². The highest BCUT2D eigenvalue weighted by atomic mass is 31.2. The second-order valence-corrected chi connectivity index (χ2v) is 6.96. The monoisotopic (exact) mass is 363 g/mol. The number of H-pyrrole nitrogens is 1. The summed E-state index contributed by atoms with van der Waals surface area (Å²) in [7, 11) is -4.99. The van der Waals surface area contributed by atoms with Gasteiger partial charge in [-0.2, -0.15) is 4.98 Å². The summed E-state index contributed by atoms with van der Waals surface area (Å²) in [4.78, 5) is 39.6. The van der Waals surface area contributed by atoms with Crippen molar-refractivity contribution in [3.8, 4) is 0 Å². The molecule has 3 rings (SSSR count). The smallest absolute Gasteiger partial charge is 0.356 e. The molecule has 1 saturated heterocycles. The molecule has 0 unspecified atom stereocenters. The Bertz CT molecular complexity index is 876. The number of hydrogen-bond acceptors (Lipinski definition) is 9. The fraction of sp³-hybridized carbons (Fsp3) is 0.500. The number of aromatic nitrogens is 4. The van der Waals surface area contributed by atoms with Gasteiger partial charge in [-0.3, -0.25) is 18.9 Å². The molecule has 1 aliphatic rings. The molecule has 0 aliphatic carbocycles. The van der Waals surface area contributed by atoms with Crippen LogP contribution in [-0.4, -0.2) is 68.8 Å². The van der Waals surface area contributed by atoms with Gasteiger partial charge in [0.15, 0.2) is 23.2 Å². The minimum atomic E-state index is -4.99. The molecule has 0 spiro atoms. The molecule has 5 atom stereocenters. The van der Waals surface area contributed by atoms with Crippen molar-refractivity contribution in [2.75, 3.05) is 5.73 Å². The third-order valence-electron chi connectivity index (χ3n) is 3.64. The number of fused-ring (bicyclic) bond motifs is 1. The summed E-state index contributed by atoms with van der Waals surface area (Å²) in [6.07, 6.45) is -5.54. The lowest BCUT2D eigenvalue weighted by molar-refractivity contribution is -0.0664. The molecule has 2 aromatic heterocycles. The number of anilines is 1. The fourth-order valence-corrected chi connectivity index (χ4v) is 3.11. The van der Waals surface area contributed by atoms with Crippen LogP contribution < -0.4 is 11.3 Å². The zero-order valence-corrected chi connectivity index (χ0v) is 12.7. The van der Waals surface area contributed by atoms with E-state index in [1.165, 1.54) is 0 Å². The average molecular weight is 363 g/mol. The van der Waals surface area contributed by atoms with Crippen LogP contribution in [0.25, 0.3) is 11.2 Å². The van der Waals surface area contributed by atoms with E-state index in [1.54, 1.807) is 0 Å². The Balaban J connectivity index is 2.02. The number of aliphatic hydroxyl groups is 3. The Morgan fingerprint density at radius 3 is 2.67 bits per heavy atom. The Morgan fingerprint density at radius 1 is 1.38 bits per heavy atom. The number of nitrogens with two attached hydrogens (primary N) is 1. The predicted octanol–water partition coefficient (Wildman–Crippen LogP) is -3.18. The van der Waals surface area contributed by atoms with Crippen LogP contribution in [-0.2, 0) is 9.30 Å². The van der Waals surface area contributed by atoms with Crippen molar-refractivity contribution < 1.29 is 34.4 Å². The largest absolute Gasteiger partial charge is 0.387 e. The lowest BCUT2D eigenvalue weighted by Crippen LogP contribution is -2.38. The molecular formula is C10H14N5O8P. The Hall–Kier alpha value is -1.86. The van der Waals surface area contributed by atoms with Crippen LogP contribution in [0, 0.1) is 0 Å². The van der Waals surface area contributed by atoms with Crippen LogP contribution in [0.4, 0.5) is 5.95 Å². The Morgan fingerprint density at radius 2 is 2.04 bits per heavy atom. The van der Waals surface area contributed by atoms with E-state index in [4.69, 9.17) is 20.3 Å². The highest BCUT2D eigenvalue weighted by molar-refractivity contribution is 7.52. The lowest BCUT2D eigenvalue weighted by atomic mass is 10.1. The molecule has 14 heteroatoms. The van der Waals surface area contributed by atoms with Gasteiger partial charge in [0, 0.05) is 0 Å². The number of ether oxygens (including phenoxy) is 1. The van der Waals surface area contributed by atoms with E-state index in [0.29, 0.717) is 0 Å². The first kappa shape index (κ1) is 17.0. The summed E-state index contributed by atoms with van der Waals surface area (Å²) >= 11 is 0. The van der Waals surface area contributed by atoms with E-state index in [9.17, 15) is 24.7 Å². The number of aliphatic hydroxyl groups excluding tert-OH is 3. The molecular weight excluding hydrogens is 349 g/mol. The van der Waals surface area contributed by atoms with Gasteiger partial charge in [0.1, 0.15) is 18.3 Å². The number of imidazole rings is 1. The minimum Gasteiger partial charge on any atom is -0.387 e. The minimum absolute atomic E-state index is 0.0705. The van der Waals surface area contributed by atoms with Gasteiger partial charge in [0.2, 0.25) is 5.95 Å². The molecule has 0 aromatic carbocycles. The van der Waals surface area contributed by atoms with E-state index < -0.39 is 43.5 Å². The molecule has 0 radical (unpaired) electrons. The van der Waals surface area contributed by atoms with Crippen LogP contribution in [0.1, 0.15) is 6.23 Å². The maximum absolute atomic E-state index is 11.7. The van der Waals surface area contributed by atoms with Crippen LogP contribution in [0.2, 0.25) is 0 Å². The third-order valence-corrected chi connectivity index (χ3v) is 4.62. The van der Waals surface area contributed by atoms with E-state index >= 15 is 0 Å². The molecule has 0 bridgehead atoms. The van der Waals surface area contributed by atoms with Gasteiger partial charge in [0.25, 0.3) is 5.56 Å². The second kappa shape index (κ2) is 5.60. The fourth-order valence-electron chi connectivity index (χ4n) is 2.48. The molecule has 0 saturated carbocycles. The molecule has 8 N–H and O–H groups in total. The quantitative estimate of drug-likeness (QED) is 0.269. The van der Waals surface area contributed by atoms with Gasteiger partial charge < -0.3 is 35.6 Å². The normalized spacial score (nSPS) is 29.2. The van der Waals surface area contributed by atoms with E-state index in [-0.39, 0.29) is 17.1 Å². The first-order valence-electron chi connectivity index (χ1n) is 6.58. The lowest BCUT2D eigenvalue weighted by Gasteiger charge is -2.21. The van der Waals surface area contributed by atoms with E-state index in [0.717, 1.165) is 10.9 Å². The van der Waals surface area contributed by atoms with Gasteiger partial charge in [-0.15, -0.1) is 0 Å². The molecule has 13 nitrogen and oxygen atoms in total. The van der Waals surface area contributed by atoms with E-state index in [1.807, 2.05) is 0 Å². The van der Waals surface area contributed by atoms with Crippen LogP contribution >= 0.6 is 7.60 Å². The average Bonchev–Trinajstić information content (AvgIpc) is 3.00. The first-order valence-corrected chi connectivity index (χ1v) is 8.26. The highest BCUT2D eigenvalue weighted by Crippen LogP contribution is 2.46. The third kappa shape index (κ3) is 2.61. The number of hydrogen-bond donors (Lipinski definition) is 7. The Labute approximate surface area is 132 Å².